The Hall–Kier alpha value is -1.56. The minimum absolute atomic E-state index is 0.164. The Bertz CT molecular complexity index is 409. The number of ether oxygens (including phenoxy) is 1. The summed E-state index contributed by atoms with van der Waals surface area (Å²) < 4.78 is 4.48. The van der Waals surface area contributed by atoms with E-state index in [1.54, 1.807) is 18.3 Å². The number of hydrogen-bond donors (Lipinski definition) is 1. The molecule has 1 aromatic rings. The molecule has 0 saturated carbocycles. The molecule has 0 aliphatic heterocycles. The van der Waals surface area contributed by atoms with Crippen molar-refractivity contribution < 1.29 is 14.3 Å². The van der Waals surface area contributed by atoms with E-state index in [1.165, 1.54) is 18.9 Å². The third-order valence-corrected chi connectivity index (χ3v) is 2.76. The predicted octanol–water partition coefficient (Wildman–Crippen LogP) is 1.10. The molecule has 92 valence electrons. The Morgan fingerprint density at radius 3 is 2.94 bits per heavy atom. The van der Waals surface area contributed by atoms with E-state index >= 15 is 0 Å². The number of amides is 1. The van der Waals surface area contributed by atoms with Crippen LogP contribution in [0.4, 0.5) is 0 Å². The lowest BCUT2D eigenvalue weighted by atomic mass is 10.2. The van der Waals surface area contributed by atoms with Gasteiger partial charge in [-0.1, -0.05) is 0 Å². The summed E-state index contributed by atoms with van der Waals surface area (Å²) in [6, 6.07) is 3.40. The van der Waals surface area contributed by atoms with Gasteiger partial charge in [0.2, 0.25) is 0 Å². The third-order valence-electron chi connectivity index (χ3n) is 2.05. The van der Waals surface area contributed by atoms with Crippen molar-refractivity contribution in [3.63, 3.8) is 0 Å². The van der Waals surface area contributed by atoms with Gasteiger partial charge in [0.15, 0.2) is 0 Å². The van der Waals surface area contributed by atoms with Crippen molar-refractivity contribution in [3.05, 3.63) is 23.9 Å². The second kappa shape index (κ2) is 6.90. The first kappa shape index (κ1) is 13.5. The van der Waals surface area contributed by atoms with E-state index in [0.29, 0.717) is 10.6 Å². The van der Waals surface area contributed by atoms with Gasteiger partial charge in [-0.15, -0.1) is 11.8 Å². The number of rotatable bonds is 5. The van der Waals surface area contributed by atoms with Gasteiger partial charge in [0.05, 0.1) is 19.1 Å². The zero-order valence-corrected chi connectivity index (χ0v) is 10.5. The van der Waals surface area contributed by atoms with E-state index in [4.69, 9.17) is 0 Å². The first-order chi connectivity index (χ1) is 8.19. The highest BCUT2D eigenvalue weighted by atomic mass is 32.2. The first-order valence-corrected chi connectivity index (χ1v) is 6.25. The summed E-state index contributed by atoms with van der Waals surface area (Å²) in [7, 11) is 1.32. The second-order valence-corrected chi connectivity index (χ2v) is 3.94. The average molecular weight is 254 g/mol. The highest BCUT2D eigenvalue weighted by molar-refractivity contribution is 7.98. The van der Waals surface area contributed by atoms with Gasteiger partial charge in [-0.2, -0.15) is 0 Å². The maximum absolute atomic E-state index is 11.8. The number of nitrogens with one attached hydrogen (secondary N) is 1. The zero-order chi connectivity index (χ0) is 12.7. The third kappa shape index (κ3) is 4.07. The number of aromatic nitrogens is 1. The first-order valence-electron chi connectivity index (χ1n) is 5.03. The van der Waals surface area contributed by atoms with Gasteiger partial charge < -0.3 is 10.1 Å². The molecule has 0 unspecified atom stereocenters. The standard InChI is InChI=1S/C11H14N2O3S/c1-16-9(14)5-7-12-10(15)8-4-3-6-13-11(8)17-2/h3-4,6H,5,7H2,1-2H3,(H,12,15). The maximum atomic E-state index is 11.8. The van der Waals surface area contributed by atoms with Crippen LogP contribution in [0.3, 0.4) is 0 Å². The molecule has 0 saturated heterocycles. The number of hydrogen-bond acceptors (Lipinski definition) is 5. The quantitative estimate of drug-likeness (QED) is 0.629. The highest BCUT2D eigenvalue weighted by Crippen LogP contribution is 2.16. The molecule has 0 atom stereocenters. The number of carbonyl (C=O) groups is 2. The fourth-order valence-corrected chi connectivity index (χ4v) is 1.75. The van der Waals surface area contributed by atoms with Gasteiger partial charge in [0.25, 0.3) is 5.91 Å². The summed E-state index contributed by atoms with van der Waals surface area (Å²) in [5.41, 5.74) is 0.518. The van der Waals surface area contributed by atoms with Crippen LogP contribution in [0, 0.1) is 0 Å². The van der Waals surface area contributed by atoms with Crippen LogP contribution in [-0.2, 0) is 9.53 Å². The molecule has 1 aromatic heterocycles. The van der Waals surface area contributed by atoms with Gasteiger partial charge in [0, 0.05) is 12.7 Å². The van der Waals surface area contributed by atoms with Gasteiger partial charge in [-0.3, -0.25) is 9.59 Å². The van der Waals surface area contributed by atoms with Crippen LogP contribution in [0.5, 0.6) is 0 Å². The molecule has 1 heterocycles. The van der Waals surface area contributed by atoms with Crippen LogP contribution in [-0.4, -0.2) is 36.8 Å². The molecular weight excluding hydrogens is 240 g/mol. The minimum Gasteiger partial charge on any atom is -0.469 e. The van der Waals surface area contributed by atoms with Crippen molar-refractivity contribution in [2.45, 2.75) is 11.4 Å². The van der Waals surface area contributed by atoms with Crippen LogP contribution in [0.1, 0.15) is 16.8 Å². The van der Waals surface area contributed by atoms with Crippen molar-refractivity contribution in [1.82, 2.24) is 10.3 Å². The average Bonchev–Trinajstić information content (AvgIpc) is 2.38. The van der Waals surface area contributed by atoms with Gasteiger partial charge in [-0.05, 0) is 18.4 Å². The smallest absolute Gasteiger partial charge is 0.307 e. The molecule has 6 heteroatoms. The monoisotopic (exact) mass is 254 g/mol. The fourth-order valence-electron chi connectivity index (χ4n) is 1.20. The molecule has 17 heavy (non-hydrogen) atoms. The summed E-state index contributed by atoms with van der Waals surface area (Å²) in [5, 5.41) is 3.32. The summed E-state index contributed by atoms with van der Waals surface area (Å²) in [6.45, 7) is 0.258. The number of carbonyl (C=O) groups excluding carboxylic acids is 2. The lowest BCUT2D eigenvalue weighted by molar-refractivity contribution is -0.140. The van der Waals surface area contributed by atoms with Crippen LogP contribution < -0.4 is 5.32 Å². The second-order valence-electron chi connectivity index (χ2n) is 3.14. The van der Waals surface area contributed by atoms with Crippen molar-refractivity contribution in [2.75, 3.05) is 19.9 Å². The van der Waals surface area contributed by atoms with E-state index in [1.807, 2.05) is 6.26 Å². The summed E-state index contributed by atoms with van der Waals surface area (Å²) in [4.78, 5) is 26.7. The lowest BCUT2D eigenvalue weighted by Gasteiger charge is -2.06. The molecule has 0 spiro atoms. The van der Waals surface area contributed by atoms with Crippen LogP contribution >= 0.6 is 11.8 Å². The molecular formula is C11H14N2O3S. The molecule has 0 radical (unpaired) electrons. The van der Waals surface area contributed by atoms with Crippen molar-refractivity contribution in [1.29, 1.82) is 0 Å². The molecule has 0 bridgehead atoms. The Labute approximate surface area is 104 Å². The summed E-state index contributed by atoms with van der Waals surface area (Å²) in [5.74, 6) is -0.576. The summed E-state index contributed by atoms with van der Waals surface area (Å²) in [6.07, 6.45) is 3.65. The van der Waals surface area contributed by atoms with Crippen LogP contribution in [0.15, 0.2) is 23.4 Å². The van der Waals surface area contributed by atoms with Gasteiger partial charge >= 0.3 is 5.97 Å². The number of thioether (sulfide) groups is 1. The molecule has 5 nitrogen and oxygen atoms in total. The number of nitrogens with zero attached hydrogens (tertiary/aromatic N) is 1. The van der Waals surface area contributed by atoms with E-state index in [-0.39, 0.29) is 24.8 Å². The fraction of sp³-hybridized carbons (Fsp3) is 0.364. The summed E-state index contributed by atoms with van der Waals surface area (Å²) >= 11 is 1.40. The van der Waals surface area contributed by atoms with E-state index in [2.05, 4.69) is 15.0 Å². The zero-order valence-electron chi connectivity index (χ0n) is 9.73. The molecule has 1 N–H and O–H groups in total. The normalized spacial score (nSPS) is 9.76. The van der Waals surface area contributed by atoms with Crippen molar-refractivity contribution >= 4 is 23.6 Å². The van der Waals surface area contributed by atoms with Crippen LogP contribution in [0.25, 0.3) is 0 Å². The highest BCUT2D eigenvalue weighted by Gasteiger charge is 2.11. The number of methoxy groups -OCH3 is 1. The minimum atomic E-state index is -0.346. The van der Waals surface area contributed by atoms with Crippen molar-refractivity contribution in [2.24, 2.45) is 0 Å². The molecule has 0 aliphatic carbocycles. The van der Waals surface area contributed by atoms with E-state index in [0.717, 1.165) is 0 Å². The van der Waals surface area contributed by atoms with Gasteiger partial charge in [-0.25, -0.2) is 4.98 Å². The SMILES string of the molecule is COC(=O)CCNC(=O)c1cccnc1SC. The van der Waals surface area contributed by atoms with Crippen LogP contribution in [0.2, 0.25) is 0 Å². The molecule has 0 fully saturated rings. The topological polar surface area (TPSA) is 68.3 Å². The number of pyridine rings is 1. The van der Waals surface area contributed by atoms with Crippen molar-refractivity contribution in [3.8, 4) is 0 Å². The molecule has 0 aliphatic rings. The predicted molar refractivity (Wildman–Crippen MR) is 65.0 cm³/mol. The number of esters is 1. The Morgan fingerprint density at radius 2 is 2.29 bits per heavy atom. The Balaban J connectivity index is 2.55. The van der Waals surface area contributed by atoms with E-state index in [9.17, 15) is 9.59 Å². The lowest BCUT2D eigenvalue weighted by Crippen LogP contribution is -2.26. The van der Waals surface area contributed by atoms with Gasteiger partial charge in [0.1, 0.15) is 5.03 Å². The van der Waals surface area contributed by atoms with E-state index < -0.39 is 0 Å². The molecule has 1 rings (SSSR count). The Kier molecular flexibility index (Phi) is 5.48. The molecule has 0 aromatic carbocycles. The largest absolute Gasteiger partial charge is 0.469 e. The Morgan fingerprint density at radius 1 is 1.53 bits per heavy atom. The maximum Gasteiger partial charge on any atom is 0.307 e. The molecule has 1 amide bonds.